The first-order chi connectivity index (χ1) is 6.27. The molecule has 4 nitrogen and oxygen atoms in total. The minimum absolute atomic E-state index is 0.0374. The number of rotatable bonds is 5. The Bertz CT molecular complexity index is 244. The van der Waals surface area contributed by atoms with E-state index >= 15 is 0 Å². The zero-order valence-corrected chi connectivity index (χ0v) is 8.40. The molecular weight excluding hydrogens is 164 g/mol. The number of unbranched alkanes of at least 4 members (excludes halogenated alkanes) is 1. The molecule has 1 aromatic rings. The maximum Gasteiger partial charge on any atom is 0.0993 e. The van der Waals surface area contributed by atoms with Gasteiger partial charge in [0.1, 0.15) is 0 Å². The van der Waals surface area contributed by atoms with E-state index in [0.29, 0.717) is 0 Å². The fourth-order valence-corrected chi connectivity index (χ4v) is 1.12. The van der Waals surface area contributed by atoms with Crippen molar-refractivity contribution >= 4 is 0 Å². The maximum absolute atomic E-state index is 5.82. The van der Waals surface area contributed by atoms with Crippen LogP contribution in [0.3, 0.4) is 0 Å². The largest absolute Gasteiger partial charge is 0.323 e. The first-order valence-electron chi connectivity index (χ1n) is 4.93. The third kappa shape index (κ3) is 2.81. The van der Waals surface area contributed by atoms with E-state index in [9.17, 15) is 0 Å². The molecule has 2 N–H and O–H groups in total. The molecule has 0 aliphatic rings. The van der Waals surface area contributed by atoms with Crippen LogP contribution in [0.25, 0.3) is 0 Å². The summed E-state index contributed by atoms with van der Waals surface area (Å²) < 4.78 is 1.87. The Morgan fingerprint density at radius 1 is 1.54 bits per heavy atom. The highest BCUT2D eigenvalue weighted by Gasteiger charge is 2.07. The van der Waals surface area contributed by atoms with Gasteiger partial charge in [-0.1, -0.05) is 25.5 Å². The predicted molar refractivity (Wildman–Crippen MR) is 52.1 cm³/mol. The van der Waals surface area contributed by atoms with Crippen LogP contribution in [-0.2, 0) is 6.54 Å². The van der Waals surface area contributed by atoms with Crippen LogP contribution in [0, 0.1) is 0 Å². The number of hydrogen-bond acceptors (Lipinski definition) is 3. The zero-order chi connectivity index (χ0) is 9.68. The third-order valence-electron chi connectivity index (χ3n) is 2.12. The Labute approximate surface area is 79.1 Å². The Hall–Kier alpha value is -0.900. The van der Waals surface area contributed by atoms with Gasteiger partial charge in [0.2, 0.25) is 0 Å². The van der Waals surface area contributed by atoms with Crippen molar-refractivity contribution in [1.82, 2.24) is 15.0 Å². The Morgan fingerprint density at radius 3 is 2.92 bits per heavy atom. The standard InChI is InChI=1S/C9H18N4/c1-3-5-6-13-7-9(11-12-13)8(10)4-2/h7-8H,3-6,10H2,1-2H3. The molecule has 0 aliphatic carbocycles. The summed E-state index contributed by atoms with van der Waals surface area (Å²) in [5, 5.41) is 8.04. The molecule has 1 aromatic heterocycles. The van der Waals surface area contributed by atoms with Gasteiger partial charge < -0.3 is 5.73 Å². The number of aryl methyl sites for hydroxylation is 1. The van der Waals surface area contributed by atoms with Gasteiger partial charge in [-0.2, -0.15) is 0 Å². The molecule has 1 atom stereocenters. The Balaban J connectivity index is 2.53. The molecule has 0 aliphatic heterocycles. The molecule has 0 spiro atoms. The predicted octanol–water partition coefficient (Wildman–Crippen LogP) is 1.49. The van der Waals surface area contributed by atoms with Crippen molar-refractivity contribution in [1.29, 1.82) is 0 Å². The van der Waals surface area contributed by atoms with Gasteiger partial charge in [-0.25, -0.2) is 0 Å². The zero-order valence-electron chi connectivity index (χ0n) is 8.40. The van der Waals surface area contributed by atoms with Crippen molar-refractivity contribution in [3.8, 4) is 0 Å². The summed E-state index contributed by atoms with van der Waals surface area (Å²) in [6.45, 7) is 5.16. The lowest BCUT2D eigenvalue weighted by molar-refractivity contribution is 0.552. The smallest absolute Gasteiger partial charge is 0.0993 e. The summed E-state index contributed by atoms with van der Waals surface area (Å²) in [4.78, 5) is 0. The van der Waals surface area contributed by atoms with Crippen LogP contribution < -0.4 is 5.73 Å². The van der Waals surface area contributed by atoms with Crippen molar-refractivity contribution in [2.24, 2.45) is 5.73 Å². The Morgan fingerprint density at radius 2 is 2.31 bits per heavy atom. The average molecular weight is 182 g/mol. The lowest BCUT2D eigenvalue weighted by Gasteiger charge is -2.01. The van der Waals surface area contributed by atoms with Crippen LogP contribution in [-0.4, -0.2) is 15.0 Å². The summed E-state index contributed by atoms with van der Waals surface area (Å²) in [6, 6.07) is 0.0374. The molecule has 0 aromatic carbocycles. The van der Waals surface area contributed by atoms with Crippen molar-refractivity contribution < 1.29 is 0 Å². The first-order valence-corrected chi connectivity index (χ1v) is 4.93. The van der Waals surface area contributed by atoms with E-state index in [2.05, 4.69) is 24.2 Å². The van der Waals surface area contributed by atoms with Gasteiger partial charge in [0.25, 0.3) is 0 Å². The molecule has 0 fully saturated rings. The quantitative estimate of drug-likeness (QED) is 0.750. The molecule has 13 heavy (non-hydrogen) atoms. The summed E-state index contributed by atoms with van der Waals surface area (Å²) in [5.74, 6) is 0. The number of nitrogens with zero attached hydrogens (tertiary/aromatic N) is 3. The van der Waals surface area contributed by atoms with E-state index < -0.39 is 0 Å². The number of aromatic nitrogens is 3. The second-order valence-corrected chi connectivity index (χ2v) is 3.27. The summed E-state index contributed by atoms with van der Waals surface area (Å²) in [7, 11) is 0. The highest BCUT2D eigenvalue weighted by atomic mass is 15.4. The lowest BCUT2D eigenvalue weighted by atomic mass is 10.2. The van der Waals surface area contributed by atoms with E-state index in [1.165, 1.54) is 6.42 Å². The molecule has 1 unspecified atom stereocenters. The Kier molecular flexibility index (Phi) is 3.89. The highest BCUT2D eigenvalue weighted by Crippen LogP contribution is 2.09. The molecule has 0 amide bonds. The molecule has 1 heterocycles. The molecular formula is C9H18N4. The van der Waals surface area contributed by atoms with Crippen LogP contribution in [0.1, 0.15) is 44.8 Å². The third-order valence-corrected chi connectivity index (χ3v) is 2.12. The average Bonchev–Trinajstić information content (AvgIpc) is 2.62. The van der Waals surface area contributed by atoms with E-state index in [0.717, 1.165) is 25.1 Å². The van der Waals surface area contributed by atoms with E-state index in [1.54, 1.807) is 0 Å². The van der Waals surface area contributed by atoms with Gasteiger partial charge in [0.05, 0.1) is 17.9 Å². The van der Waals surface area contributed by atoms with Gasteiger partial charge in [0, 0.05) is 6.54 Å². The van der Waals surface area contributed by atoms with Gasteiger partial charge in [-0.3, -0.25) is 4.68 Å². The van der Waals surface area contributed by atoms with Crippen LogP contribution in [0.4, 0.5) is 0 Å². The highest BCUT2D eigenvalue weighted by molar-refractivity contribution is 4.98. The second kappa shape index (κ2) is 4.97. The van der Waals surface area contributed by atoms with Crippen molar-refractivity contribution in [3.05, 3.63) is 11.9 Å². The van der Waals surface area contributed by atoms with Crippen LogP contribution in [0.15, 0.2) is 6.20 Å². The fraction of sp³-hybridized carbons (Fsp3) is 0.778. The van der Waals surface area contributed by atoms with Gasteiger partial charge in [-0.15, -0.1) is 5.10 Å². The summed E-state index contributed by atoms with van der Waals surface area (Å²) in [5.41, 5.74) is 6.72. The molecule has 1 rings (SSSR count). The molecule has 0 saturated carbocycles. The van der Waals surface area contributed by atoms with Crippen molar-refractivity contribution in [2.75, 3.05) is 0 Å². The van der Waals surface area contributed by atoms with Gasteiger partial charge in [0.15, 0.2) is 0 Å². The topological polar surface area (TPSA) is 56.7 Å². The minimum Gasteiger partial charge on any atom is -0.323 e. The van der Waals surface area contributed by atoms with E-state index in [-0.39, 0.29) is 6.04 Å². The minimum atomic E-state index is 0.0374. The normalized spacial score (nSPS) is 13.2. The van der Waals surface area contributed by atoms with Gasteiger partial charge >= 0.3 is 0 Å². The molecule has 0 bridgehead atoms. The molecule has 0 saturated heterocycles. The summed E-state index contributed by atoms with van der Waals surface area (Å²) in [6.07, 6.45) is 5.18. The summed E-state index contributed by atoms with van der Waals surface area (Å²) >= 11 is 0. The number of nitrogens with two attached hydrogens (primary N) is 1. The molecule has 0 radical (unpaired) electrons. The van der Waals surface area contributed by atoms with Crippen LogP contribution in [0.5, 0.6) is 0 Å². The van der Waals surface area contributed by atoms with Crippen LogP contribution in [0.2, 0.25) is 0 Å². The second-order valence-electron chi connectivity index (χ2n) is 3.27. The van der Waals surface area contributed by atoms with Crippen molar-refractivity contribution in [3.63, 3.8) is 0 Å². The van der Waals surface area contributed by atoms with Crippen molar-refractivity contribution in [2.45, 2.75) is 45.7 Å². The van der Waals surface area contributed by atoms with Gasteiger partial charge in [-0.05, 0) is 12.8 Å². The monoisotopic (exact) mass is 182 g/mol. The number of hydrogen-bond donors (Lipinski definition) is 1. The van der Waals surface area contributed by atoms with E-state index in [1.807, 2.05) is 10.9 Å². The van der Waals surface area contributed by atoms with Crippen LogP contribution >= 0.6 is 0 Å². The molecule has 4 heteroatoms. The maximum atomic E-state index is 5.82. The first kappa shape index (κ1) is 10.2. The van der Waals surface area contributed by atoms with E-state index in [4.69, 9.17) is 5.73 Å². The SMILES string of the molecule is CCCCn1cc(C(N)CC)nn1. The lowest BCUT2D eigenvalue weighted by Crippen LogP contribution is -2.08. The fourth-order valence-electron chi connectivity index (χ4n) is 1.12. The molecule has 74 valence electrons.